The van der Waals surface area contributed by atoms with Crippen molar-refractivity contribution in [3.05, 3.63) is 12.2 Å². The molecular formula is C15H24O. The number of carbonyl (C=O) groups is 1. The minimum Gasteiger partial charge on any atom is -0.299 e. The molecule has 2 fully saturated rings. The Kier molecular flexibility index (Phi) is 2.98. The summed E-state index contributed by atoms with van der Waals surface area (Å²) in [5, 5.41) is 0. The van der Waals surface area contributed by atoms with Crippen molar-refractivity contribution in [1.82, 2.24) is 0 Å². The number of hydrogen-bond acceptors (Lipinski definition) is 1. The number of Topliss-reactive ketones (excluding diaryl/α,β-unsaturated/α-hetero) is 1. The van der Waals surface area contributed by atoms with Gasteiger partial charge in [-0.2, -0.15) is 0 Å². The molecule has 16 heavy (non-hydrogen) atoms. The minimum atomic E-state index is 0.194. The van der Waals surface area contributed by atoms with Crippen LogP contribution in [0.1, 0.15) is 52.9 Å². The fraction of sp³-hybridized carbons (Fsp3) is 0.800. The van der Waals surface area contributed by atoms with E-state index in [2.05, 4.69) is 27.4 Å². The predicted octanol–water partition coefficient (Wildman–Crippen LogP) is 3.98. The summed E-state index contributed by atoms with van der Waals surface area (Å²) in [5.74, 6) is 2.06. The number of carbonyl (C=O) groups excluding carboxylic acids is 1. The van der Waals surface area contributed by atoms with Crippen LogP contribution < -0.4 is 0 Å². The van der Waals surface area contributed by atoms with Gasteiger partial charge in [0.1, 0.15) is 5.78 Å². The van der Waals surface area contributed by atoms with E-state index in [1.54, 1.807) is 0 Å². The fourth-order valence-corrected chi connectivity index (χ4v) is 4.21. The highest BCUT2D eigenvalue weighted by molar-refractivity contribution is 5.83. The molecule has 0 saturated heterocycles. The zero-order valence-corrected chi connectivity index (χ0v) is 10.9. The summed E-state index contributed by atoms with van der Waals surface area (Å²) in [6.45, 7) is 11.0. The van der Waals surface area contributed by atoms with Crippen LogP contribution in [0.15, 0.2) is 12.2 Å². The van der Waals surface area contributed by atoms with Crippen molar-refractivity contribution in [2.45, 2.75) is 52.9 Å². The molecule has 4 atom stereocenters. The van der Waals surface area contributed by atoms with Crippen LogP contribution in [0.25, 0.3) is 0 Å². The molecule has 2 aliphatic carbocycles. The summed E-state index contributed by atoms with van der Waals surface area (Å²) >= 11 is 0. The summed E-state index contributed by atoms with van der Waals surface area (Å²) in [6, 6.07) is 0. The molecule has 0 heterocycles. The van der Waals surface area contributed by atoms with E-state index < -0.39 is 0 Å². The lowest BCUT2D eigenvalue weighted by molar-refractivity contribution is -0.139. The Hall–Kier alpha value is -0.590. The van der Waals surface area contributed by atoms with Crippen LogP contribution >= 0.6 is 0 Å². The fourth-order valence-electron chi connectivity index (χ4n) is 4.21. The highest BCUT2D eigenvalue weighted by Crippen LogP contribution is 2.56. The molecule has 2 rings (SSSR count). The molecule has 2 aliphatic rings. The Bertz CT molecular complexity index is 309. The Labute approximate surface area is 99.3 Å². The van der Waals surface area contributed by atoms with Gasteiger partial charge in [0.2, 0.25) is 0 Å². The van der Waals surface area contributed by atoms with Crippen LogP contribution in [0.4, 0.5) is 0 Å². The average Bonchev–Trinajstić information content (AvgIpc) is 2.23. The van der Waals surface area contributed by atoms with Gasteiger partial charge in [0.25, 0.3) is 0 Å². The zero-order chi connectivity index (χ0) is 11.9. The summed E-state index contributed by atoms with van der Waals surface area (Å²) < 4.78 is 0. The smallest absolute Gasteiger partial charge is 0.136 e. The largest absolute Gasteiger partial charge is 0.299 e. The second-order valence-electron chi connectivity index (χ2n) is 6.15. The molecule has 1 nitrogen and oxygen atoms in total. The van der Waals surface area contributed by atoms with Gasteiger partial charge >= 0.3 is 0 Å². The topological polar surface area (TPSA) is 17.1 Å². The third-order valence-corrected chi connectivity index (χ3v) is 5.36. The first-order valence-electron chi connectivity index (χ1n) is 6.66. The van der Waals surface area contributed by atoms with E-state index in [0.29, 0.717) is 23.5 Å². The number of fused-ring (bicyclic) bond motifs is 1. The van der Waals surface area contributed by atoms with E-state index >= 15 is 0 Å². The van der Waals surface area contributed by atoms with Crippen molar-refractivity contribution >= 4 is 5.78 Å². The standard InChI is InChI=1S/C15H24O/c1-10(2)12-6-5-7-13-14(16)9-8-11(3)15(12,13)4/h11-13H,1,5-9H2,2-4H3/t11-,12+,13+,15-/m1/s1. The van der Waals surface area contributed by atoms with Gasteiger partial charge in [-0.3, -0.25) is 4.79 Å². The molecule has 0 unspecified atom stereocenters. The number of ketones is 1. The maximum Gasteiger partial charge on any atom is 0.136 e. The molecule has 0 spiro atoms. The monoisotopic (exact) mass is 220 g/mol. The van der Waals surface area contributed by atoms with Crippen LogP contribution in [-0.2, 0) is 4.79 Å². The van der Waals surface area contributed by atoms with E-state index in [1.165, 1.54) is 18.4 Å². The Balaban J connectivity index is 2.38. The molecule has 2 saturated carbocycles. The minimum absolute atomic E-state index is 0.194. The molecule has 0 bridgehead atoms. The van der Waals surface area contributed by atoms with Gasteiger partial charge in [-0.05, 0) is 43.4 Å². The van der Waals surface area contributed by atoms with Gasteiger partial charge in [0.15, 0.2) is 0 Å². The molecule has 0 aromatic heterocycles. The van der Waals surface area contributed by atoms with Crippen LogP contribution in [0, 0.1) is 23.2 Å². The average molecular weight is 220 g/mol. The third-order valence-electron chi connectivity index (χ3n) is 5.36. The molecule has 90 valence electrons. The number of hydrogen-bond donors (Lipinski definition) is 0. The highest BCUT2D eigenvalue weighted by Gasteiger charge is 2.52. The van der Waals surface area contributed by atoms with Gasteiger partial charge in [-0.25, -0.2) is 0 Å². The van der Waals surface area contributed by atoms with Gasteiger partial charge < -0.3 is 0 Å². The molecule has 0 radical (unpaired) electrons. The van der Waals surface area contributed by atoms with Crippen LogP contribution in [-0.4, -0.2) is 5.78 Å². The third kappa shape index (κ3) is 1.56. The second kappa shape index (κ2) is 4.01. The molecule has 0 aromatic rings. The Morgan fingerprint density at radius 2 is 2.06 bits per heavy atom. The Morgan fingerprint density at radius 3 is 2.69 bits per heavy atom. The first-order chi connectivity index (χ1) is 7.48. The summed E-state index contributed by atoms with van der Waals surface area (Å²) in [6.07, 6.45) is 5.44. The lowest BCUT2D eigenvalue weighted by atomic mass is 9.50. The first kappa shape index (κ1) is 11.9. The molecular weight excluding hydrogens is 196 g/mol. The lowest BCUT2D eigenvalue weighted by Gasteiger charge is -2.53. The van der Waals surface area contributed by atoms with Gasteiger partial charge in [0, 0.05) is 12.3 Å². The molecule has 0 aromatic carbocycles. The quantitative estimate of drug-likeness (QED) is 0.611. The van der Waals surface area contributed by atoms with Gasteiger partial charge in [-0.15, -0.1) is 0 Å². The number of allylic oxidation sites excluding steroid dienone is 1. The lowest BCUT2D eigenvalue weighted by Crippen LogP contribution is -2.50. The maximum absolute atomic E-state index is 12.1. The van der Waals surface area contributed by atoms with Crippen LogP contribution in [0.5, 0.6) is 0 Å². The van der Waals surface area contributed by atoms with Crippen molar-refractivity contribution in [3.63, 3.8) is 0 Å². The van der Waals surface area contributed by atoms with Crippen LogP contribution in [0.2, 0.25) is 0 Å². The molecule has 1 heteroatoms. The number of rotatable bonds is 1. The predicted molar refractivity (Wildman–Crippen MR) is 67.2 cm³/mol. The van der Waals surface area contributed by atoms with E-state index in [4.69, 9.17) is 0 Å². The highest BCUT2D eigenvalue weighted by atomic mass is 16.1. The van der Waals surface area contributed by atoms with Crippen molar-refractivity contribution in [2.75, 3.05) is 0 Å². The normalized spacial score (nSPS) is 43.9. The molecule has 0 amide bonds. The van der Waals surface area contributed by atoms with E-state index in [-0.39, 0.29) is 5.41 Å². The van der Waals surface area contributed by atoms with Crippen LogP contribution in [0.3, 0.4) is 0 Å². The zero-order valence-electron chi connectivity index (χ0n) is 10.9. The molecule has 0 aliphatic heterocycles. The Morgan fingerprint density at radius 1 is 1.38 bits per heavy atom. The summed E-state index contributed by atoms with van der Waals surface area (Å²) in [5.41, 5.74) is 1.48. The molecule has 0 N–H and O–H groups in total. The van der Waals surface area contributed by atoms with E-state index in [9.17, 15) is 4.79 Å². The van der Waals surface area contributed by atoms with Crippen molar-refractivity contribution in [1.29, 1.82) is 0 Å². The summed E-state index contributed by atoms with van der Waals surface area (Å²) in [4.78, 5) is 12.1. The van der Waals surface area contributed by atoms with Gasteiger partial charge in [0.05, 0.1) is 0 Å². The first-order valence-corrected chi connectivity index (χ1v) is 6.66. The van der Waals surface area contributed by atoms with E-state index in [0.717, 1.165) is 19.3 Å². The summed E-state index contributed by atoms with van der Waals surface area (Å²) in [7, 11) is 0. The van der Waals surface area contributed by atoms with Crippen molar-refractivity contribution in [3.8, 4) is 0 Å². The maximum atomic E-state index is 12.1. The van der Waals surface area contributed by atoms with Gasteiger partial charge in [-0.1, -0.05) is 32.4 Å². The van der Waals surface area contributed by atoms with Crippen molar-refractivity contribution in [2.24, 2.45) is 23.2 Å². The SMILES string of the molecule is C=C(C)[C@@H]1CCC[C@H]2C(=O)CC[C@@H](C)[C@]12C. The van der Waals surface area contributed by atoms with E-state index in [1.807, 2.05) is 0 Å². The van der Waals surface area contributed by atoms with Crippen molar-refractivity contribution < 1.29 is 4.79 Å². The second-order valence-corrected chi connectivity index (χ2v) is 6.15.